The van der Waals surface area contributed by atoms with Crippen molar-refractivity contribution in [3.8, 4) is 0 Å². The molecule has 1 saturated carbocycles. The van der Waals surface area contributed by atoms with Gasteiger partial charge in [-0.1, -0.05) is 13.5 Å². The van der Waals surface area contributed by atoms with E-state index in [4.69, 9.17) is 0 Å². The Bertz CT molecular complexity index is 958. The molecule has 2 amide bonds. The number of fused-ring (bicyclic) bond motifs is 1. The zero-order valence-corrected chi connectivity index (χ0v) is 20.4. The summed E-state index contributed by atoms with van der Waals surface area (Å²) in [5.41, 5.74) is 1.52. The van der Waals surface area contributed by atoms with Gasteiger partial charge in [0.15, 0.2) is 0 Å². The SMILES string of the molecule is C.O=C(NC1CCN(CC[C@H](NC(=O)C2CCC(F)(F)CC2)C(=O)O)CC1)c1ccc2c(n1)NCCC2. The predicted octanol–water partition coefficient (Wildman–Crippen LogP) is 3.06. The summed E-state index contributed by atoms with van der Waals surface area (Å²) in [5, 5.41) is 18.4. The number of carboxylic acid groups (broad SMARTS) is 1. The molecule has 3 aliphatic rings. The summed E-state index contributed by atoms with van der Waals surface area (Å²) < 4.78 is 26.7. The molecule has 9 nitrogen and oxygen atoms in total. The highest BCUT2D eigenvalue weighted by Gasteiger charge is 2.38. The maximum absolute atomic E-state index is 13.3. The number of likely N-dealkylation sites (tertiary alicyclic amines) is 1. The van der Waals surface area contributed by atoms with Crippen LogP contribution < -0.4 is 16.0 Å². The van der Waals surface area contributed by atoms with Gasteiger partial charge in [0.2, 0.25) is 11.8 Å². The maximum Gasteiger partial charge on any atom is 0.326 e. The number of hydrogen-bond donors (Lipinski definition) is 4. The molecule has 37 heavy (non-hydrogen) atoms. The number of nitrogens with zero attached hydrogens (tertiary/aromatic N) is 2. The molecule has 4 N–H and O–H groups in total. The number of halogens is 2. The van der Waals surface area contributed by atoms with Crippen LogP contribution in [0.25, 0.3) is 0 Å². The number of rotatable bonds is 8. The fourth-order valence-electron chi connectivity index (χ4n) is 5.18. The first-order chi connectivity index (χ1) is 17.2. The average Bonchev–Trinajstić information content (AvgIpc) is 2.86. The Kier molecular flexibility index (Phi) is 9.80. The van der Waals surface area contributed by atoms with Crippen LogP contribution in [-0.4, -0.2) is 77.0 Å². The lowest BCUT2D eigenvalue weighted by Crippen LogP contribution is -2.48. The Morgan fingerprint density at radius 1 is 1.16 bits per heavy atom. The van der Waals surface area contributed by atoms with Gasteiger partial charge in [0.05, 0.1) is 0 Å². The third-order valence-corrected chi connectivity index (χ3v) is 7.49. The zero-order valence-electron chi connectivity index (χ0n) is 20.4. The van der Waals surface area contributed by atoms with Crippen LogP contribution in [0.1, 0.15) is 74.8 Å². The third-order valence-electron chi connectivity index (χ3n) is 7.49. The lowest BCUT2D eigenvalue weighted by atomic mass is 9.86. The standard InChI is InChI=1S/C25H35F2N5O4.CH4/c26-25(27)10-5-17(6-11-25)22(33)31-20(24(35)36)9-15-32-13-7-18(8-14-32)29-23(34)19-4-3-16-2-1-12-28-21(16)30-19;/h3-4,17-18,20H,1-2,5-15H2,(H,28,30)(H,29,34)(H,31,33)(H,35,36);1H4/t20-;/m0./s1. The molecule has 1 atom stereocenters. The second kappa shape index (κ2) is 12.6. The number of anilines is 1. The highest BCUT2D eigenvalue weighted by Crippen LogP contribution is 2.36. The first-order valence-corrected chi connectivity index (χ1v) is 12.9. The van der Waals surface area contributed by atoms with E-state index in [9.17, 15) is 28.3 Å². The van der Waals surface area contributed by atoms with Crippen LogP contribution >= 0.6 is 0 Å². The molecule has 0 unspecified atom stereocenters. The van der Waals surface area contributed by atoms with Gasteiger partial charge in [0.25, 0.3) is 5.91 Å². The van der Waals surface area contributed by atoms with E-state index in [2.05, 4.69) is 25.8 Å². The van der Waals surface area contributed by atoms with Crippen molar-refractivity contribution in [2.45, 2.75) is 83.2 Å². The molecule has 2 aliphatic heterocycles. The number of carbonyl (C=O) groups is 3. The Balaban J connectivity index is 0.00000380. The second-order valence-electron chi connectivity index (χ2n) is 10.1. The van der Waals surface area contributed by atoms with E-state index in [1.165, 1.54) is 0 Å². The van der Waals surface area contributed by atoms with Gasteiger partial charge in [-0.05, 0) is 56.6 Å². The van der Waals surface area contributed by atoms with Crippen molar-refractivity contribution in [1.82, 2.24) is 20.5 Å². The molecule has 11 heteroatoms. The van der Waals surface area contributed by atoms with Crippen molar-refractivity contribution < 1.29 is 28.3 Å². The minimum Gasteiger partial charge on any atom is -0.480 e. The number of amides is 2. The molecule has 1 aromatic heterocycles. The summed E-state index contributed by atoms with van der Waals surface area (Å²) in [5.74, 6) is -4.29. The number of pyridine rings is 1. The van der Waals surface area contributed by atoms with Crippen LogP contribution in [0, 0.1) is 5.92 Å². The summed E-state index contributed by atoms with van der Waals surface area (Å²) in [6, 6.07) is 2.67. The number of piperidine rings is 1. The molecule has 0 spiro atoms. The Morgan fingerprint density at radius 2 is 1.86 bits per heavy atom. The number of nitrogens with one attached hydrogen (secondary N) is 3. The van der Waals surface area contributed by atoms with Crippen molar-refractivity contribution in [3.05, 3.63) is 23.4 Å². The molecule has 0 aromatic carbocycles. The number of aromatic nitrogens is 1. The van der Waals surface area contributed by atoms with E-state index < -0.39 is 29.8 Å². The molecule has 3 heterocycles. The number of carbonyl (C=O) groups excluding carboxylic acids is 2. The number of aryl methyl sites for hydroxylation is 1. The van der Waals surface area contributed by atoms with Crippen LogP contribution in [0.5, 0.6) is 0 Å². The molecule has 4 rings (SSSR count). The van der Waals surface area contributed by atoms with E-state index in [1.807, 2.05) is 6.07 Å². The quantitative estimate of drug-likeness (QED) is 0.413. The zero-order chi connectivity index (χ0) is 25.7. The topological polar surface area (TPSA) is 124 Å². The number of alkyl halides is 2. The van der Waals surface area contributed by atoms with Crippen molar-refractivity contribution in [1.29, 1.82) is 0 Å². The van der Waals surface area contributed by atoms with Crippen molar-refractivity contribution in [2.75, 3.05) is 31.5 Å². The molecule has 0 radical (unpaired) electrons. The monoisotopic (exact) mass is 523 g/mol. The summed E-state index contributed by atoms with van der Waals surface area (Å²) in [7, 11) is 0. The lowest BCUT2D eigenvalue weighted by Gasteiger charge is -2.33. The van der Waals surface area contributed by atoms with Gasteiger partial charge in [-0.15, -0.1) is 0 Å². The van der Waals surface area contributed by atoms with Crippen molar-refractivity contribution in [2.24, 2.45) is 5.92 Å². The van der Waals surface area contributed by atoms with Gasteiger partial charge in [-0.25, -0.2) is 18.6 Å². The highest BCUT2D eigenvalue weighted by molar-refractivity contribution is 5.93. The second-order valence-corrected chi connectivity index (χ2v) is 10.1. The molecular formula is C26H39F2N5O4. The van der Waals surface area contributed by atoms with Gasteiger partial charge < -0.3 is 26.0 Å². The average molecular weight is 524 g/mol. The van der Waals surface area contributed by atoms with E-state index >= 15 is 0 Å². The van der Waals surface area contributed by atoms with E-state index in [1.54, 1.807) is 6.07 Å². The third kappa shape index (κ3) is 7.83. The summed E-state index contributed by atoms with van der Waals surface area (Å²) in [6.45, 7) is 2.73. The predicted molar refractivity (Wildman–Crippen MR) is 136 cm³/mol. The van der Waals surface area contributed by atoms with Gasteiger partial charge in [0, 0.05) is 51.0 Å². The van der Waals surface area contributed by atoms with Crippen molar-refractivity contribution in [3.63, 3.8) is 0 Å². The number of hydrogen-bond acceptors (Lipinski definition) is 6. The number of aliphatic carboxylic acids is 1. The molecule has 1 aromatic rings. The Labute approximate surface area is 216 Å². The minimum atomic E-state index is -2.73. The van der Waals surface area contributed by atoms with Crippen LogP contribution in [-0.2, 0) is 16.0 Å². The first kappa shape index (κ1) is 28.7. The van der Waals surface area contributed by atoms with E-state index in [-0.39, 0.29) is 51.5 Å². The van der Waals surface area contributed by atoms with E-state index in [0.29, 0.717) is 25.3 Å². The van der Waals surface area contributed by atoms with Crippen LogP contribution in [0.4, 0.5) is 14.6 Å². The van der Waals surface area contributed by atoms with E-state index in [0.717, 1.165) is 43.6 Å². The van der Waals surface area contributed by atoms with Crippen LogP contribution in [0.3, 0.4) is 0 Å². The van der Waals surface area contributed by atoms with Crippen LogP contribution in [0.2, 0.25) is 0 Å². The van der Waals surface area contributed by atoms with Gasteiger partial charge in [-0.2, -0.15) is 0 Å². The maximum atomic E-state index is 13.3. The normalized spacial score (nSPS) is 21.0. The van der Waals surface area contributed by atoms with Gasteiger partial charge in [-0.3, -0.25) is 9.59 Å². The molecule has 206 valence electrons. The Hall–Kier alpha value is -2.82. The molecule has 1 aliphatic carbocycles. The Morgan fingerprint density at radius 3 is 2.54 bits per heavy atom. The molecule has 1 saturated heterocycles. The molecule has 0 bridgehead atoms. The first-order valence-electron chi connectivity index (χ1n) is 12.9. The lowest BCUT2D eigenvalue weighted by molar-refractivity contribution is -0.143. The van der Waals surface area contributed by atoms with Gasteiger partial charge >= 0.3 is 5.97 Å². The van der Waals surface area contributed by atoms with Crippen molar-refractivity contribution >= 4 is 23.6 Å². The molecular weight excluding hydrogens is 484 g/mol. The highest BCUT2D eigenvalue weighted by atomic mass is 19.3. The minimum absolute atomic E-state index is 0. The fraction of sp³-hybridized carbons (Fsp3) is 0.692. The largest absolute Gasteiger partial charge is 0.480 e. The molecule has 2 fully saturated rings. The fourth-order valence-corrected chi connectivity index (χ4v) is 5.18. The van der Waals surface area contributed by atoms with Gasteiger partial charge in [0.1, 0.15) is 17.6 Å². The summed E-state index contributed by atoms with van der Waals surface area (Å²) >= 11 is 0. The summed E-state index contributed by atoms with van der Waals surface area (Å²) in [4.78, 5) is 43.4. The van der Waals surface area contributed by atoms with Crippen LogP contribution in [0.15, 0.2) is 12.1 Å². The number of carboxylic acids is 1. The smallest absolute Gasteiger partial charge is 0.326 e. The summed E-state index contributed by atoms with van der Waals surface area (Å²) in [6.07, 6.45) is 3.17.